The van der Waals surface area contributed by atoms with Crippen LogP contribution in [0.15, 0.2) is 42.7 Å². The molecule has 2 aromatic heterocycles. The van der Waals surface area contributed by atoms with Gasteiger partial charge in [0.05, 0.1) is 25.9 Å². The van der Waals surface area contributed by atoms with Gasteiger partial charge in [-0.15, -0.1) is 0 Å². The number of carbonyl (C=O) groups is 1. The molecule has 6 heteroatoms. The van der Waals surface area contributed by atoms with Gasteiger partial charge in [-0.2, -0.15) is 0 Å². The molecule has 4 heterocycles. The summed E-state index contributed by atoms with van der Waals surface area (Å²) in [5.74, 6) is 0. The fourth-order valence-corrected chi connectivity index (χ4v) is 4.32. The third-order valence-electron chi connectivity index (χ3n) is 5.87. The Labute approximate surface area is 163 Å². The molecule has 0 bridgehead atoms. The Morgan fingerprint density at radius 3 is 2.61 bits per heavy atom. The molecule has 2 atom stereocenters. The molecule has 2 fully saturated rings. The number of hydrogen-bond acceptors (Lipinski definition) is 5. The van der Waals surface area contributed by atoms with Crippen LogP contribution in [-0.2, 0) is 16.5 Å². The molecule has 2 saturated heterocycles. The SMILES string of the molecule is Cn1cc(C=O)c2c(-c3ccc(C4OCC4N4CCOCC4)cc3)ccnc21. The van der Waals surface area contributed by atoms with Crippen LogP contribution < -0.4 is 0 Å². The molecule has 1 aromatic carbocycles. The lowest BCUT2D eigenvalue weighted by molar-refractivity contribution is -0.153. The Morgan fingerprint density at radius 1 is 1.14 bits per heavy atom. The first-order chi connectivity index (χ1) is 13.8. The molecule has 0 amide bonds. The molecule has 2 unspecified atom stereocenters. The van der Waals surface area contributed by atoms with Crippen molar-refractivity contribution in [2.24, 2.45) is 7.05 Å². The molecule has 0 spiro atoms. The third kappa shape index (κ3) is 2.85. The molecule has 0 N–H and O–H groups in total. The van der Waals surface area contributed by atoms with Crippen molar-refractivity contribution in [3.63, 3.8) is 0 Å². The number of ether oxygens (including phenoxy) is 2. The predicted molar refractivity (Wildman–Crippen MR) is 106 cm³/mol. The van der Waals surface area contributed by atoms with Crippen LogP contribution in [0.3, 0.4) is 0 Å². The number of fused-ring (bicyclic) bond motifs is 1. The molecule has 0 aliphatic carbocycles. The summed E-state index contributed by atoms with van der Waals surface area (Å²) in [4.78, 5) is 18.4. The van der Waals surface area contributed by atoms with Crippen LogP contribution in [0, 0.1) is 0 Å². The van der Waals surface area contributed by atoms with Crippen LogP contribution >= 0.6 is 0 Å². The molecule has 5 rings (SSSR count). The number of rotatable bonds is 4. The van der Waals surface area contributed by atoms with E-state index in [0.717, 1.165) is 61.4 Å². The average molecular weight is 377 g/mol. The predicted octanol–water partition coefficient (Wildman–Crippen LogP) is 2.82. The Kier molecular flexibility index (Phi) is 4.47. The minimum atomic E-state index is 0.117. The van der Waals surface area contributed by atoms with Crippen molar-refractivity contribution in [2.75, 3.05) is 32.9 Å². The number of carbonyl (C=O) groups excluding carboxylic acids is 1. The van der Waals surface area contributed by atoms with E-state index in [1.54, 1.807) is 6.20 Å². The highest BCUT2D eigenvalue weighted by molar-refractivity contribution is 6.04. The highest BCUT2D eigenvalue weighted by Gasteiger charge is 2.38. The van der Waals surface area contributed by atoms with Crippen molar-refractivity contribution in [1.29, 1.82) is 0 Å². The van der Waals surface area contributed by atoms with E-state index in [1.807, 2.05) is 23.9 Å². The van der Waals surface area contributed by atoms with Crippen molar-refractivity contribution in [1.82, 2.24) is 14.5 Å². The number of morpholine rings is 1. The summed E-state index contributed by atoms with van der Waals surface area (Å²) in [6, 6.07) is 10.9. The molecule has 28 heavy (non-hydrogen) atoms. The molecule has 144 valence electrons. The van der Waals surface area contributed by atoms with Gasteiger partial charge in [0.25, 0.3) is 0 Å². The van der Waals surface area contributed by atoms with Crippen molar-refractivity contribution < 1.29 is 14.3 Å². The van der Waals surface area contributed by atoms with Gasteiger partial charge in [0.15, 0.2) is 6.29 Å². The van der Waals surface area contributed by atoms with Crippen molar-refractivity contribution >= 4 is 17.3 Å². The highest BCUT2D eigenvalue weighted by Crippen LogP contribution is 2.36. The van der Waals surface area contributed by atoms with E-state index >= 15 is 0 Å². The topological polar surface area (TPSA) is 56.6 Å². The number of nitrogens with zero attached hydrogens (tertiary/aromatic N) is 3. The summed E-state index contributed by atoms with van der Waals surface area (Å²) < 4.78 is 13.3. The lowest BCUT2D eigenvalue weighted by atomic mass is 9.94. The van der Waals surface area contributed by atoms with Crippen molar-refractivity contribution in [3.05, 3.63) is 53.9 Å². The second-order valence-electron chi connectivity index (χ2n) is 7.46. The van der Waals surface area contributed by atoms with Crippen molar-refractivity contribution in [3.8, 4) is 11.1 Å². The zero-order valence-electron chi connectivity index (χ0n) is 15.9. The number of aryl methyl sites for hydroxylation is 1. The lowest BCUT2D eigenvalue weighted by Crippen LogP contribution is -2.54. The zero-order chi connectivity index (χ0) is 19.1. The lowest BCUT2D eigenvalue weighted by Gasteiger charge is -2.45. The number of benzene rings is 1. The summed E-state index contributed by atoms with van der Waals surface area (Å²) in [6.07, 6.45) is 4.64. The standard InChI is InChI=1S/C22H23N3O3/c1-24-12-17(13-26)20-18(6-7-23-22(20)24)15-2-4-16(5-3-15)21-19(14-28-21)25-8-10-27-11-9-25/h2-7,12-13,19,21H,8-11,14H2,1H3. The van der Waals surface area contributed by atoms with Crippen LogP contribution in [0.2, 0.25) is 0 Å². The van der Waals surface area contributed by atoms with E-state index in [1.165, 1.54) is 5.56 Å². The second kappa shape index (κ2) is 7.13. The fourth-order valence-electron chi connectivity index (χ4n) is 4.32. The minimum absolute atomic E-state index is 0.117. The molecule has 0 saturated carbocycles. The summed E-state index contributed by atoms with van der Waals surface area (Å²) in [7, 11) is 1.91. The highest BCUT2D eigenvalue weighted by atomic mass is 16.5. The summed E-state index contributed by atoms with van der Waals surface area (Å²) >= 11 is 0. The third-order valence-corrected chi connectivity index (χ3v) is 5.87. The molecular weight excluding hydrogens is 354 g/mol. The van der Waals surface area contributed by atoms with Gasteiger partial charge in [-0.3, -0.25) is 9.69 Å². The van der Waals surface area contributed by atoms with E-state index < -0.39 is 0 Å². The maximum Gasteiger partial charge on any atom is 0.152 e. The van der Waals surface area contributed by atoms with Gasteiger partial charge >= 0.3 is 0 Å². The first-order valence-corrected chi connectivity index (χ1v) is 9.69. The summed E-state index contributed by atoms with van der Waals surface area (Å²) in [6.45, 7) is 4.33. The van der Waals surface area contributed by atoms with Crippen LogP contribution in [0.25, 0.3) is 22.2 Å². The van der Waals surface area contributed by atoms with E-state index in [2.05, 4.69) is 34.1 Å². The number of hydrogen-bond donors (Lipinski definition) is 0. The first kappa shape index (κ1) is 17.6. The molecule has 3 aromatic rings. The monoisotopic (exact) mass is 377 g/mol. The average Bonchev–Trinajstić information content (AvgIpc) is 3.05. The smallest absolute Gasteiger partial charge is 0.152 e. The molecule has 6 nitrogen and oxygen atoms in total. The van der Waals surface area contributed by atoms with Gasteiger partial charge in [-0.05, 0) is 22.8 Å². The summed E-state index contributed by atoms with van der Waals surface area (Å²) in [5.41, 5.74) is 4.78. The summed E-state index contributed by atoms with van der Waals surface area (Å²) in [5, 5.41) is 0.902. The van der Waals surface area contributed by atoms with E-state index in [4.69, 9.17) is 9.47 Å². The van der Waals surface area contributed by atoms with E-state index in [9.17, 15) is 4.79 Å². The molecule has 0 radical (unpaired) electrons. The van der Waals surface area contributed by atoms with Crippen LogP contribution in [-0.4, -0.2) is 59.7 Å². The van der Waals surface area contributed by atoms with Gasteiger partial charge in [0.2, 0.25) is 0 Å². The second-order valence-corrected chi connectivity index (χ2v) is 7.46. The number of aldehydes is 1. The maximum absolute atomic E-state index is 11.5. The van der Waals surface area contributed by atoms with Gasteiger partial charge < -0.3 is 14.0 Å². The quantitative estimate of drug-likeness (QED) is 0.655. The van der Waals surface area contributed by atoms with E-state index in [0.29, 0.717) is 11.6 Å². The minimum Gasteiger partial charge on any atom is -0.379 e. The van der Waals surface area contributed by atoms with Gasteiger partial charge in [-0.1, -0.05) is 24.3 Å². The van der Waals surface area contributed by atoms with Crippen LogP contribution in [0.1, 0.15) is 22.0 Å². The Morgan fingerprint density at radius 2 is 1.93 bits per heavy atom. The first-order valence-electron chi connectivity index (χ1n) is 9.69. The maximum atomic E-state index is 11.5. The van der Waals surface area contributed by atoms with Crippen LogP contribution in [0.5, 0.6) is 0 Å². The molecule has 2 aliphatic heterocycles. The fraction of sp³-hybridized carbons (Fsp3) is 0.364. The van der Waals surface area contributed by atoms with Gasteiger partial charge in [0.1, 0.15) is 11.8 Å². The largest absolute Gasteiger partial charge is 0.379 e. The molecule has 2 aliphatic rings. The Balaban J connectivity index is 1.44. The van der Waals surface area contributed by atoms with E-state index in [-0.39, 0.29) is 6.10 Å². The number of aromatic nitrogens is 2. The van der Waals surface area contributed by atoms with Gasteiger partial charge in [0, 0.05) is 43.5 Å². The Hall–Kier alpha value is -2.54. The van der Waals surface area contributed by atoms with Crippen LogP contribution in [0.4, 0.5) is 0 Å². The van der Waals surface area contributed by atoms with Gasteiger partial charge in [-0.25, -0.2) is 4.98 Å². The zero-order valence-corrected chi connectivity index (χ0v) is 15.9. The Bertz CT molecular complexity index is 1010. The van der Waals surface area contributed by atoms with Crippen molar-refractivity contribution in [2.45, 2.75) is 12.1 Å². The normalized spacial score (nSPS) is 22.9. The molecular formula is C22H23N3O3. The number of pyridine rings is 1.